The fraction of sp³-hybridized carbons (Fsp3) is 0.857. The van der Waals surface area contributed by atoms with Crippen LogP contribution in [0.3, 0.4) is 0 Å². The lowest BCUT2D eigenvalue weighted by molar-refractivity contribution is -0.229. The monoisotopic (exact) mass is 446 g/mol. The first kappa shape index (κ1) is 24.4. The highest BCUT2D eigenvalue weighted by Crippen LogP contribution is 2.68. The summed E-state index contributed by atoms with van der Waals surface area (Å²) in [6.45, 7) is 11.5. The fourth-order valence-corrected chi connectivity index (χ4v) is 8.40. The lowest BCUT2D eigenvalue weighted by Gasteiger charge is -2.63. The zero-order valence-corrected chi connectivity index (χ0v) is 20.8. The molecule has 4 N–H and O–H groups in total. The van der Waals surface area contributed by atoms with E-state index in [2.05, 4.69) is 46.8 Å². The van der Waals surface area contributed by atoms with Gasteiger partial charge in [-0.05, 0) is 80.0 Å². The van der Waals surface area contributed by atoms with E-state index in [4.69, 9.17) is 0 Å². The molecule has 182 valence electrons. The Balaban J connectivity index is 1.65. The predicted molar refractivity (Wildman–Crippen MR) is 128 cm³/mol. The Hall–Kier alpha value is -0.680. The van der Waals surface area contributed by atoms with Crippen molar-refractivity contribution >= 4 is 0 Å². The van der Waals surface area contributed by atoms with Gasteiger partial charge >= 0.3 is 0 Å². The molecule has 0 radical (unpaired) electrons. The molecule has 0 bridgehead atoms. The largest absolute Gasteiger partial charge is 0.395 e. The maximum atomic E-state index is 12.3. The molecule has 0 aromatic rings. The van der Waals surface area contributed by atoms with Gasteiger partial charge < -0.3 is 20.4 Å². The van der Waals surface area contributed by atoms with Gasteiger partial charge in [0.25, 0.3) is 0 Å². The summed E-state index contributed by atoms with van der Waals surface area (Å²) in [5.41, 5.74) is -0.749. The van der Waals surface area contributed by atoms with Gasteiger partial charge in [0.1, 0.15) is 11.7 Å². The highest BCUT2D eigenvalue weighted by molar-refractivity contribution is 5.33. The van der Waals surface area contributed by atoms with Crippen LogP contribution in [0.5, 0.6) is 0 Å². The Morgan fingerprint density at radius 2 is 1.72 bits per heavy atom. The van der Waals surface area contributed by atoms with Crippen LogP contribution in [0, 0.1) is 46.3 Å². The second-order valence-corrected chi connectivity index (χ2v) is 12.4. The van der Waals surface area contributed by atoms with Gasteiger partial charge in [-0.2, -0.15) is 0 Å². The van der Waals surface area contributed by atoms with E-state index in [0.29, 0.717) is 42.9 Å². The van der Waals surface area contributed by atoms with E-state index in [0.717, 1.165) is 31.3 Å². The van der Waals surface area contributed by atoms with Crippen molar-refractivity contribution in [3.05, 3.63) is 23.8 Å². The summed E-state index contributed by atoms with van der Waals surface area (Å²) in [5, 5.41) is 44.5. The lowest BCUT2D eigenvalue weighted by Crippen LogP contribution is -2.68. The summed E-state index contributed by atoms with van der Waals surface area (Å²) in [7, 11) is 0. The molecular weight excluding hydrogens is 400 g/mol. The van der Waals surface area contributed by atoms with Gasteiger partial charge in [0.2, 0.25) is 0 Å². The second-order valence-electron chi connectivity index (χ2n) is 12.4. The van der Waals surface area contributed by atoms with Crippen LogP contribution in [0.1, 0.15) is 79.6 Å². The average Bonchev–Trinajstić information content (AvgIpc) is 3.10. The van der Waals surface area contributed by atoms with E-state index >= 15 is 0 Å². The van der Waals surface area contributed by atoms with E-state index in [1.807, 2.05) is 6.08 Å². The van der Waals surface area contributed by atoms with Gasteiger partial charge in [-0.1, -0.05) is 58.4 Å². The third-order valence-corrected chi connectivity index (χ3v) is 10.7. The van der Waals surface area contributed by atoms with E-state index in [9.17, 15) is 20.4 Å². The first-order valence-corrected chi connectivity index (χ1v) is 13.1. The van der Waals surface area contributed by atoms with E-state index in [1.54, 1.807) is 0 Å². The summed E-state index contributed by atoms with van der Waals surface area (Å²) in [6.07, 6.45) is 10.9. The fourth-order valence-electron chi connectivity index (χ4n) is 8.40. The number of fused-ring (bicyclic) bond motifs is 5. The van der Waals surface area contributed by atoms with Gasteiger partial charge in [0.15, 0.2) is 0 Å². The minimum Gasteiger partial charge on any atom is -0.395 e. The zero-order chi connectivity index (χ0) is 23.5. The quantitative estimate of drug-likeness (QED) is 0.470. The van der Waals surface area contributed by atoms with Crippen molar-refractivity contribution in [3.63, 3.8) is 0 Å². The summed E-state index contributed by atoms with van der Waals surface area (Å²) in [6, 6.07) is 0. The Morgan fingerprint density at radius 3 is 2.38 bits per heavy atom. The topological polar surface area (TPSA) is 80.9 Å². The molecule has 3 saturated carbocycles. The molecule has 0 aromatic heterocycles. The maximum absolute atomic E-state index is 12.3. The van der Waals surface area contributed by atoms with Crippen LogP contribution in [0.25, 0.3) is 0 Å². The number of aliphatic hydroxyl groups is 4. The van der Waals surface area contributed by atoms with Crippen LogP contribution >= 0.6 is 0 Å². The Bertz CT molecular complexity index is 759. The first-order valence-electron chi connectivity index (χ1n) is 13.1. The van der Waals surface area contributed by atoms with Crippen LogP contribution in [0.4, 0.5) is 0 Å². The molecule has 0 saturated heterocycles. The number of allylic oxidation sites excluding steroid dienone is 2. The number of hydrogen-bond donors (Lipinski definition) is 4. The molecule has 4 aliphatic rings. The Labute approximate surface area is 194 Å². The molecule has 4 aliphatic carbocycles. The summed E-state index contributed by atoms with van der Waals surface area (Å²) >= 11 is 0. The van der Waals surface area contributed by atoms with Crippen molar-refractivity contribution in [2.24, 2.45) is 46.3 Å². The highest BCUT2D eigenvalue weighted by Gasteiger charge is 2.68. The number of rotatable bonds is 5. The lowest BCUT2D eigenvalue weighted by atomic mass is 9.44. The van der Waals surface area contributed by atoms with Gasteiger partial charge in [-0.25, -0.2) is 0 Å². The van der Waals surface area contributed by atoms with Crippen molar-refractivity contribution in [1.82, 2.24) is 0 Å². The van der Waals surface area contributed by atoms with E-state index < -0.39 is 23.2 Å². The SMILES string of the molecule is CC(C)C(C)/C=C/[C@@H](C)[C@H]1CC[C@@H]2[C@]1(C)CC[C@@H]1[C@@]3(CO)CC[C@H](O)CC3=C[C@H](O)[C@]12O. The molecule has 4 nitrogen and oxygen atoms in total. The van der Waals surface area contributed by atoms with Gasteiger partial charge in [-0.15, -0.1) is 0 Å². The van der Waals surface area contributed by atoms with Gasteiger partial charge in [0, 0.05) is 11.3 Å². The van der Waals surface area contributed by atoms with Crippen LogP contribution in [0.2, 0.25) is 0 Å². The summed E-state index contributed by atoms with van der Waals surface area (Å²) < 4.78 is 0. The molecule has 3 fully saturated rings. The van der Waals surface area contributed by atoms with Crippen molar-refractivity contribution in [1.29, 1.82) is 0 Å². The molecule has 0 heterocycles. The highest BCUT2D eigenvalue weighted by atomic mass is 16.3. The average molecular weight is 447 g/mol. The van der Waals surface area contributed by atoms with E-state index in [1.165, 1.54) is 0 Å². The smallest absolute Gasteiger partial charge is 0.102 e. The third kappa shape index (κ3) is 3.47. The van der Waals surface area contributed by atoms with Crippen molar-refractivity contribution in [2.75, 3.05) is 6.61 Å². The maximum Gasteiger partial charge on any atom is 0.102 e. The zero-order valence-electron chi connectivity index (χ0n) is 20.8. The molecule has 4 rings (SSSR count). The van der Waals surface area contributed by atoms with Crippen LogP contribution in [-0.4, -0.2) is 44.8 Å². The van der Waals surface area contributed by atoms with Crippen LogP contribution < -0.4 is 0 Å². The molecular formula is C28H46O4. The molecule has 1 unspecified atom stereocenters. The van der Waals surface area contributed by atoms with Crippen LogP contribution in [0.15, 0.2) is 23.8 Å². The van der Waals surface area contributed by atoms with Crippen molar-refractivity contribution < 1.29 is 20.4 Å². The predicted octanol–water partition coefficient (Wildman–Crippen LogP) is 4.47. The Morgan fingerprint density at radius 1 is 1.00 bits per heavy atom. The molecule has 0 spiro atoms. The van der Waals surface area contributed by atoms with Gasteiger partial charge in [0.05, 0.1) is 12.7 Å². The first-order chi connectivity index (χ1) is 15.0. The molecule has 0 aromatic carbocycles. The minimum atomic E-state index is -1.20. The molecule has 0 aliphatic heterocycles. The molecule has 4 heteroatoms. The third-order valence-electron chi connectivity index (χ3n) is 10.7. The minimum absolute atomic E-state index is 0.00958. The van der Waals surface area contributed by atoms with Gasteiger partial charge in [-0.3, -0.25) is 0 Å². The summed E-state index contributed by atoms with van der Waals surface area (Å²) in [5.74, 6) is 1.99. The Kier molecular flexibility index (Phi) is 6.51. The van der Waals surface area contributed by atoms with Crippen molar-refractivity contribution in [3.8, 4) is 0 Å². The molecule has 0 amide bonds. The normalized spacial score (nSPS) is 48.2. The number of hydrogen-bond acceptors (Lipinski definition) is 4. The van der Waals surface area contributed by atoms with E-state index in [-0.39, 0.29) is 23.9 Å². The van der Waals surface area contributed by atoms with Crippen molar-refractivity contribution in [2.45, 2.75) is 97.4 Å². The van der Waals surface area contributed by atoms with Crippen LogP contribution in [-0.2, 0) is 0 Å². The number of aliphatic hydroxyl groups excluding tert-OH is 3. The standard InChI is InChI=1S/C28H46O4/c1-17(2)18(3)6-7-19(4)22-8-9-23-26(22,5)12-11-24-27(16-29)13-10-21(30)14-20(27)15-25(31)28(23,24)32/h6-7,15,17-19,21-25,29-32H,8-14,16H2,1-5H3/b7-6+/t18?,19-,21+,22-,23-,24-,25+,26-,27-,28-/m1/s1. The molecule has 10 atom stereocenters. The summed E-state index contributed by atoms with van der Waals surface area (Å²) in [4.78, 5) is 0. The second kappa shape index (κ2) is 8.52. The molecule has 32 heavy (non-hydrogen) atoms.